The van der Waals surface area contributed by atoms with Gasteiger partial charge in [-0.3, -0.25) is 0 Å². The third kappa shape index (κ3) is 2.71. The molecule has 0 fully saturated rings. The molecule has 3 heteroatoms. The van der Waals surface area contributed by atoms with Crippen molar-refractivity contribution in [2.24, 2.45) is 5.92 Å². The number of ether oxygens (including phenoxy) is 1. The third-order valence-corrected chi connectivity index (χ3v) is 3.21. The fourth-order valence-corrected chi connectivity index (χ4v) is 2.38. The molecule has 0 unspecified atom stereocenters. The summed E-state index contributed by atoms with van der Waals surface area (Å²) in [4.78, 5) is 22.5. The van der Waals surface area contributed by atoms with Crippen LogP contribution < -0.4 is 0 Å². The highest BCUT2D eigenvalue weighted by molar-refractivity contribution is 5.85. The van der Waals surface area contributed by atoms with Gasteiger partial charge in [0.15, 0.2) is 0 Å². The molecule has 0 spiro atoms. The molecular formula is C13H20O3. The van der Waals surface area contributed by atoms with Crippen molar-refractivity contribution >= 4 is 11.8 Å². The molecule has 0 aromatic carbocycles. The number of hydrogen-bond acceptors (Lipinski definition) is 3. The molecule has 0 amide bonds. The molecule has 1 rings (SSSR count). The van der Waals surface area contributed by atoms with Crippen LogP contribution in [-0.2, 0) is 14.3 Å². The van der Waals surface area contributed by atoms with Crippen molar-refractivity contribution in [3.63, 3.8) is 0 Å². The van der Waals surface area contributed by atoms with Gasteiger partial charge in [0, 0.05) is 18.4 Å². The lowest BCUT2D eigenvalue weighted by atomic mass is 9.79. The normalized spacial score (nSPS) is 25.6. The molecule has 0 N–H and O–H groups in total. The Morgan fingerprint density at radius 3 is 2.56 bits per heavy atom. The van der Waals surface area contributed by atoms with Gasteiger partial charge >= 0.3 is 5.97 Å². The van der Waals surface area contributed by atoms with E-state index in [2.05, 4.69) is 6.92 Å². The molecular weight excluding hydrogens is 204 g/mol. The Bertz CT molecular complexity index is 306. The summed E-state index contributed by atoms with van der Waals surface area (Å²) in [7, 11) is 0. The van der Waals surface area contributed by atoms with Gasteiger partial charge in [0.25, 0.3) is 0 Å². The second-order valence-corrected chi connectivity index (χ2v) is 4.45. The largest absolute Gasteiger partial charge is 0.451 e. The number of ketones is 1. The van der Waals surface area contributed by atoms with Crippen LogP contribution >= 0.6 is 0 Å². The van der Waals surface area contributed by atoms with Gasteiger partial charge in [0.1, 0.15) is 11.4 Å². The molecule has 2 atom stereocenters. The summed E-state index contributed by atoms with van der Waals surface area (Å²) < 4.78 is 5.41. The van der Waals surface area contributed by atoms with E-state index in [9.17, 15) is 9.59 Å². The summed E-state index contributed by atoms with van der Waals surface area (Å²) >= 11 is 0. The van der Waals surface area contributed by atoms with Crippen LogP contribution in [0.2, 0.25) is 0 Å². The summed E-state index contributed by atoms with van der Waals surface area (Å²) in [5.41, 5.74) is -0.543. The van der Waals surface area contributed by atoms with E-state index in [1.165, 1.54) is 6.08 Å². The van der Waals surface area contributed by atoms with Gasteiger partial charge in [0.2, 0.25) is 0 Å². The van der Waals surface area contributed by atoms with Crippen LogP contribution in [0.4, 0.5) is 0 Å². The molecule has 0 radical (unpaired) electrons. The molecule has 90 valence electrons. The lowest BCUT2D eigenvalue weighted by Crippen LogP contribution is -2.38. The zero-order chi connectivity index (χ0) is 12.2. The second kappa shape index (κ2) is 5.28. The minimum Gasteiger partial charge on any atom is -0.451 e. The zero-order valence-corrected chi connectivity index (χ0v) is 10.3. The number of cyclic esters (lactones) is 1. The number of Topliss-reactive ketones (excluding diaryl/α,β-unsaturated/α-hetero) is 1. The fourth-order valence-electron chi connectivity index (χ4n) is 2.38. The standard InChI is InChI=1S/C13H20O3/c1-4-6-11(9-10(3)14)13(5-2)8-7-12(15)16-13/h7-8,11H,4-6,9H2,1-3H3/t11-,13+/m1/s1. The number of hydrogen-bond donors (Lipinski definition) is 0. The molecule has 0 saturated carbocycles. The van der Waals surface area contributed by atoms with Crippen molar-refractivity contribution < 1.29 is 14.3 Å². The number of esters is 1. The van der Waals surface area contributed by atoms with E-state index < -0.39 is 5.60 Å². The van der Waals surface area contributed by atoms with Crippen LogP contribution in [0, 0.1) is 5.92 Å². The van der Waals surface area contributed by atoms with E-state index in [1.807, 2.05) is 13.0 Å². The Balaban J connectivity index is 2.85. The molecule has 1 aliphatic heterocycles. The van der Waals surface area contributed by atoms with Crippen LogP contribution in [0.5, 0.6) is 0 Å². The van der Waals surface area contributed by atoms with Gasteiger partial charge in [0.05, 0.1) is 0 Å². The van der Waals surface area contributed by atoms with Crippen LogP contribution in [0.1, 0.15) is 46.5 Å². The Labute approximate surface area is 96.9 Å². The average Bonchev–Trinajstić information content (AvgIpc) is 2.60. The maximum absolute atomic E-state index is 11.3. The Kier molecular flexibility index (Phi) is 4.27. The molecule has 0 aromatic heterocycles. The number of carbonyl (C=O) groups is 2. The van der Waals surface area contributed by atoms with Gasteiger partial charge in [-0.15, -0.1) is 0 Å². The van der Waals surface area contributed by atoms with E-state index >= 15 is 0 Å². The molecule has 0 aliphatic carbocycles. The maximum atomic E-state index is 11.3. The van der Waals surface area contributed by atoms with Crippen molar-refractivity contribution in [1.29, 1.82) is 0 Å². The first-order valence-electron chi connectivity index (χ1n) is 5.95. The van der Waals surface area contributed by atoms with E-state index in [-0.39, 0.29) is 17.7 Å². The summed E-state index contributed by atoms with van der Waals surface area (Å²) in [6.07, 6.45) is 6.42. The highest BCUT2D eigenvalue weighted by atomic mass is 16.6. The fraction of sp³-hybridized carbons (Fsp3) is 0.692. The Morgan fingerprint density at radius 2 is 2.19 bits per heavy atom. The Morgan fingerprint density at radius 1 is 1.50 bits per heavy atom. The molecule has 0 saturated heterocycles. The quantitative estimate of drug-likeness (QED) is 0.651. The predicted octanol–water partition coefficient (Wildman–Crippen LogP) is 2.64. The van der Waals surface area contributed by atoms with Crippen LogP contribution in [-0.4, -0.2) is 17.4 Å². The molecule has 0 bridgehead atoms. The predicted molar refractivity (Wildman–Crippen MR) is 62.0 cm³/mol. The second-order valence-electron chi connectivity index (χ2n) is 4.45. The minimum atomic E-state index is -0.543. The van der Waals surface area contributed by atoms with Crippen molar-refractivity contribution in [2.45, 2.75) is 52.1 Å². The van der Waals surface area contributed by atoms with E-state index in [1.54, 1.807) is 6.92 Å². The zero-order valence-electron chi connectivity index (χ0n) is 10.3. The highest BCUT2D eigenvalue weighted by Crippen LogP contribution is 2.37. The van der Waals surface area contributed by atoms with Crippen LogP contribution in [0.25, 0.3) is 0 Å². The molecule has 0 aromatic rings. The Hall–Kier alpha value is -1.12. The van der Waals surface area contributed by atoms with E-state index in [0.29, 0.717) is 6.42 Å². The lowest BCUT2D eigenvalue weighted by Gasteiger charge is -2.33. The summed E-state index contributed by atoms with van der Waals surface area (Å²) in [6, 6.07) is 0. The molecule has 1 heterocycles. The molecule has 16 heavy (non-hydrogen) atoms. The monoisotopic (exact) mass is 224 g/mol. The van der Waals surface area contributed by atoms with Crippen molar-refractivity contribution in [2.75, 3.05) is 0 Å². The van der Waals surface area contributed by atoms with E-state index in [4.69, 9.17) is 4.74 Å². The highest BCUT2D eigenvalue weighted by Gasteiger charge is 2.41. The number of rotatable bonds is 6. The smallest absolute Gasteiger partial charge is 0.331 e. The van der Waals surface area contributed by atoms with Gasteiger partial charge in [-0.2, -0.15) is 0 Å². The van der Waals surface area contributed by atoms with Gasteiger partial charge in [-0.1, -0.05) is 20.3 Å². The summed E-state index contributed by atoms with van der Waals surface area (Å²) in [5.74, 6) is -0.0168. The van der Waals surface area contributed by atoms with Crippen molar-refractivity contribution in [3.8, 4) is 0 Å². The minimum absolute atomic E-state index is 0.114. The first-order chi connectivity index (χ1) is 7.54. The van der Waals surface area contributed by atoms with E-state index in [0.717, 1.165) is 19.3 Å². The summed E-state index contributed by atoms with van der Waals surface area (Å²) in [5, 5.41) is 0. The van der Waals surface area contributed by atoms with Gasteiger partial charge < -0.3 is 9.53 Å². The van der Waals surface area contributed by atoms with Crippen LogP contribution in [0.3, 0.4) is 0 Å². The first-order valence-corrected chi connectivity index (χ1v) is 5.95. The first kappa shape index (κ1) is 12.9. The maximum Gasteiger partial charge on any atom is 0.331 e. The SMILES string of the molecule is CCC[C@H](CC(C)=O)[C@]1(CC)C=CC(=O)O1. The third-order valence-electron chi connectivity index (χ3n) is 3.21. The molecule has 1 aliphatic rings. The summed E-state index contributed by atoms with van der Waals surface area (Å²) in [6.45, 7) is 5.66. The topological polar surface area (TPSA) is 43.4 Å². The van der Waals surface area contributed by atoms with Crippen molar-refractivity contribution in [3.05, 3.63) is 12.2 Å². The number of carbonyl (C=O) groups excluding carboxylic acids is 2. The average molecular weight is 224 g/mol. The lowest BCUT2D eigenvalue weighted by molar-refractivity contribution is -0.151. The van der Waals surface area contributed by atoms with Crippen LogP contribution in [0.15, 0.2) is 12.2 Å². The van der Waals surface area contributed by atoms with Crippen molar-refractivity contribution in [1.82, 2.24) is 0 Å². The van der Waals surface area contributed by atoms with Gasteiger partial charge in [-0.25, -0.2) is 4.79 Å². The molecule has 3 nitrogen and oxygen atoms in total. The van der Waals surface area contributed by atoms with Gasteiger partial charge in [-0.05, 0) is 25.8 Å².